The Bertz CT molecular complexity index is 2100. The lowest BCUT2D eigenvalue weighted by Crippen LogP contribution is -2.54. The summed E-state index contributed by atoms with van der Waals surface area (Å²) in [5, 5.41) is 11.8. The van der Waals surface area contributed by atoms with Crippen molar-refractivity contribution in [3.63, 3.8) is 0 Å². The van der Waals surface area contributed by atoms with Crippen molar-refractivity contribution in [2.75, 3.05) is 68.7 Å². The summed E-state index contributed by atoms with van der Waals surface area (Å²) in [5.74, 6) is -0.754. The Kier molecular flexibility index (Phi) is 11.2. The van der Waals surface area contributed by atoms with Crippen molar-refractivity contribution in [1.29, 1.82) is 5.26 Å². The van der Waals surface area contributed by atoms with E-state index in [-0.39, 0.29) is 30.8 Å². The lowest BCUT2D eigenvalue weighted by atomic mass is 9.94. The fourth-order valence-electron chi connectivity index (χ4n) is 8.91. The summed E-state index contributed by atoms with van der Waals surface area (Å²) in [6.07, 6.45) is 4.52. The van der Waals surface area contributed by atoms with Crippen molar-refractivity contribution in [2.45, 2.75) is 57.1 Å². The topological polar surface area (TPSA) is 147 Å². The van der Waals surface area contributed by atoms with Crippen molar-refractivity contribution in [2.24, 2.45) is 5.92 Å². The summed E-state index contributed by atoms with van der Waals surface area (Å²) in [4.78, 5) is 74.7. The first kappa shape index (κ1) is 38.4. The third kappa shape index (κ3) is 8.06. The SMILES string of the molecule is N#Cc1ccc(OC2CCCN(C(=O)c3ccc(N4CCN(CC5CCN(c6cccc7c6C(=O)N(C6CCC(=O)NC6=O)C7=O)CC5)CC4)cc3)CC2)cc1Cl. The number of anilines is 2. The Morgan fingerprint density at radius 1 is 0.825 bits per heavy atom. The van der Waals surface area contributed by atoms with Gasteiger partial charge in [0.2, 0.25) is 11.8 Å². The number of nitriles is 1. The maximum atomic E-state index is 13.6. The highest BCUT2D eigenvalue weighted by Gasteiger charge is 2.46. The fraction of sp³-hybridized carbons (Fsp3) is 0.442. The maximum Gasteiger partial charge on any atom is 0.264 e. The molecule has 5 amide bonds. The van der Waals surface area contributed by atoms with Gasteiger partial charge in [-0.1, -0.05) is 17.7 Å². The number of ether oxygens (including phenoxy) is 1. The summed E-state index contributed by atoms with van der Waals surface area (Å²) < 4.78 is 6.17. The fourth-order valence-corrected chi connectivity index (χ4v) is 9.12. The molecule has 2 unspecified atom stereocenters. The zero-order chi connectivity index (χ0) is 39.6. The van der Waals surface area contributed by atoms with E-state index in [9.17, 15) is 24.0 Å². The molecule has 0 aromatic heterocycles. The van der Waals surface area contributed by atoms with Gasteiger partial charge in [-0.3, -0.25) is 39.1 Å². The van der Waals surface area contributed by atoms with Crippen molar-refractivity contribution < 1.29 is 28.7 Å². The Balaban J connectivity index is 0.789. The van der Waals surface area contributed by atoms with Crippen LogP contribution in [0.3, 0.4) is 0 Å². The van der Waals surface area contributed by atoms with Gasteiger partial charge in [0.25, 0.3) is 17.7 Å². The Morgan fingerprint density at radius 2 is 1.60 bits per heavy atom. The van der Waals surface area contributed by atoms with Crippen LogP contribution in [0.1, 0.15) is 81.6 Å². The van der Waals surface area contributed by atoms with Gasteiger partial charge in [0.15, 0.2) is 0 Å². The van der Waals surface area contributed by atoms with Crippen LogP contribution in [0, 0.1) is 17.2 Å². The highest BCUT2D eigenvalue weighted by Crippen LogP contribution is 2.36. The standard InChI is InChI=1S/C43H46ClN7O6/c44-35-25-33(11-8-30(35)26-45)57-32-3-2-17-50(20-16-32)41(54)29-6-9-31(10-7-29)48-23-21-47(22-24-48)27-28-14-18-49(19-15-28)36-5-1-4-34-39(36)43(56)51(42(34)55)37-12-13-38(52)46-40(37)53/h1,4-11,25,28,32,37H,2-3,12-24,27H2,(H,46,52,53). The highest BCUT2D eigenvalue weighted by atomic mass is 35.5. The molecule has 13 nitrogen and oxygen atoms in total. The number of rotatable bonds is 8. The molecule has 3 aromatic carbocycles. The number of benzene rings is 3. The van der Waals surface area contributed by atoms with Crippen LogP contribution in [0.25, 0.3) is 0 Å². The van der Waals surface area contributed by atoms with Gasteiger partial charge in [0.05, 0.1) is 27.4 Å². The average molecular weight is 792 g/mol. The number of halogens is 1. The molecule has 1 N–H and O–H groups in total. The molecular weight excluding hydrogens is 746 g/mol. The van der Waals surface area contributed by atoms with Gasteiger partial charge in [0, 0.05) is 89.1 Å². The molecule has 0 radical (unpaired) electrons. The van der Waals surface area contributed by atoms with E-state index in [4.69, 9.17) is 21.6 Å². The number of piperidine rings is 2. The number of fused-ring (bicyclic) bond motifs is 1. The first-order chi connectivity index (χ1) is 27.7. The van der Waals surface area contributed by atoms with Crippen LogP contribution in [-0.2, 0) is 9.59 Å². The largest absolute Gasteiger partial charge is 0.490 e. The zero-order valence-electron chi connectivity index (χ0n) is 31.8. The van der Waals surface area contributed by atoms with Crippen LogP contribution in [0.15, 0.2) is 60.7 Å². The zero-order valence-corrected chi connectivity index (χ0v) is 32.6. The predicted octanol–water partition coefficient (Wildman–Crippen LogP) is 4.73. The van der Waals surface area contributed by atoms with E-state index in [1.165, 1.54) is 0 Å². The summed E-state index contributed by atoms with van der Waals surface area (Å²) in [6, 6.07) is 19.5. The summed E-state index contributed by atoms with van der Waals surface area (Å²) >= 11 is 6.19. The smallest absolute Gasteiger partial charge is 0.264 e. The highest BCUT2D eigenvalue weighted by molar-refractivity contribution is 6.31. The van der Waals surface area contributed by atoms with Crippen molar-refractivity contribution in [1.82, 2.24) is 20.0 Å². The number of imide groups is 2. The number of hydrogen-bond acceptors (Lipinski definition) is 10. The second kappa shape index (κ2) is 16.6. The minimum absolute atomic E-state index is 0.0302. The lowest BCUT2D eigenvalue weighted by molar-refractivity contribution is -0.136. The van der Waals surface area contributed by atoms with Crippen molar-refractivity contribution in [3.05, 3.63) is 87.9 Å². The van der Waals surface area contributed by atoms with E-state index in [1.807, 2.05) is 23.1 Å². The van der Waals surface area contributed by atoms with Gasteiger partial charge in [-0.25, -0.2) is 0 Å². The molecule has 4 fully saturated rings. The number of hydrogen-bond donors (Lipinski definition) is 1. The Hall–Kier alpha value is -5.45. The summed E-state index contributed by atoms with van der Waals surface area (Å²) in [7, 11) is 0. The van der Waals surface area contributed by atoms with E-state index in [2.05, 4.69) is 38.2 Å². The van der Waals surface area contributed by atoms with Crippen LogP contribution in [0.4, 0.5) is 11.4 Å². The molecule has 0 bridgehead atoms. The van der Waals surface area contributed by atoms with Crippen molar-refractivity contribution >= 4 is 52.5 Å². The van der Waals surface area contributed by atoms with E-state index < -0.39 is 23.8 Å². The predicted molar refractivity (Wildman–Crippen MR) is 213 cm³/mol. The van der Waals surface area contributed by atoms with Crippen LogP contribution in [0.2, 0.25) is 5.02 Å². The van der Waals surface area contributed by atoms with E-state index in [0.717, 1.165) is 94.2 Å². The summed E-state index contributed by atoms with van der Waals surface area (Å²) in [6.45, 7) is 7.53. The molecule has 14 heteroatoms. The Labute approximate surface area is 337 Å². The number of amides is 5. The monoisotopic (exact) mass is 791 g/mol. The number of nitrogens with zero attached hydrogens (tertiary/aromatic N) is 6. The van der Waals surface area contributed by atoms with Gasteiger partial charge in [-0.15, -0.1) is 0 Å². The second-order valence-corrected chi connectivity index (χ2v) is 16.0. The van der Waals surface area contributed by atoms with Crippen LogP contribution >= 0.6 is 11.6 Å². The molecule has 0 spiro atoms. The molecule has 296 valence electrons. The molecule has 5 heterocycles. The van der Waals surface area contributed by atoms with E-state index >= 15 is 0 Å². The number of likely N-dealkylation sites (tertiary alicyclic amines) is 1. The maximum absolute atomic E-state index is 13.6. The first-order valence-electron chi connectivity index (χ1n) is 20.0. The molecule has 5 aliphatic rings. The van der Waals surface area contributed by atoms with Crippen molar-refractivity contribution in [3.8, 4) is 11.8 Å². The normalized spacial score (nSPS) is 22.2. The quantitative estimate of drug-likeness (QED) is 0.318. The van der Waals surface area contributed by atoms with Gasteiger partial charge in [-0.2, -0.15) is 5.26 Å². The van der Waals surface area contributed by atoms with Crippen LogP contribution < -0.4 is 19.9 Å². The summed E-state index contributed by atoms with van der Waals surface area (Å²) in [5.41, 5.74) is 3.62. The van der Waals surface area contributed by atoms with Crippen LogP contribution in [0.5, 0.6) is 5.75 Å². The first-order valence-corrected chi connectivity index (χ1v) is 20.4. The molecule has 5 aliphatic heterocycles. The number of carbonyl (C=O) groups is 5. The van der Waals surface area contributed by atoms with Gasteiger partial charge >= 0.3 is 0 Å². The number of piperazine rings is 1. The Morgan fingerprint density at radius 3 is 2.32 bits per heavy atom. The number of nitrogens with one attached hydrogen (secondary N) is 1. The van der Waals surface area contributed by atoms with Gasteiger partial charge in [-0.05, 0) is 86.6 Å². The molecular formula is C43H46ClN7O6. The minimum atomic E-state index is -0.979. The molecule has 57 heavy (non-hydrogen) atoms. The molecule has 2 atom stereocenters. The van der Waals surface area contributed by atoms with Crippen LogP contribution in [-0.4, -0.2) is 115 Å². The number of carbonyl (C=O) groups excluding carboxylic acids is 5. The third-order valence-electron chi connectivity index (χ3n) is 12.1. The molecule has 4 saturated heterocycles. The minimum Gasteiger partial charge on any atom is -0.490 e. The van der Waals surface area contributed by atoms with E-state index in [0.29, 0.717) is 52.0 Å². The second-order valence-electron chi connectivity index (χ2n) is 15.6. The van der Waals surface area contributed by atoms with E-state index in [1.54, 1.807) is 30.3 Å². The molecule has 0 aliphatic carbocycles. The molecule has 3 aromatic rings. The third-order valence-corrected chi connectivity index (χ3v) is 12.4. The molecule has 8 rings (SSSR count). The molecule has 0 saturated carbocycles. The van der Waals surface area contributed by atoms with Gasteiger partial charge < -0.3 is 19.4 Å². The lowest BCUT2D eigenvalue weighted by Gasteiger charge is -2.40. The van der Waals surface area contributed by atoms with Gasteiger partial charge in [0.1, 0.15) is 24.0 Å². The average Bonchev–Trinajstić information content (AvgIpc) is 3.33.